The number of halogens is 1. The number of carboxylic acid groups (broad SMARTS) is 1. The van der Waals surface area contributed by atoms with Gasteiger partial charge in [-0.05, 0) is 68.2 Å². The zero-order chi connectivity index (χ0) is 39.2. The molecule has 2 N–H and O–H groups in total. The van der Waals surface area contributed by atoms with Crippen molar-refractivity contribution in [3.63, 3.8) is 0 Å². The molecule has 55 heavy (non-hydrogen) atoms. The highest BCUT2D eigenvalue weighted by Gasteiger charge is 2.68. The molecular formula is C40H39ClN4O9S. The number of anilines is 1. The van der Waals surface area contributed by atoms with Crippen LogP contribution in [0.3, 0.4) is 0 Å². The zero-order valence-electron chi connectivity index (χ0n) is 30.8. The second kappa shape index (κ2) is 13.2. The molecule has 13 nitrogen and oxygen atoms in total. The molecule has 2 aliphatic carbocycles. The molecule has 15 heteroatoms. The normalized spacial score (nSPS) is 26.0. The van der Waals surface area contributed by atoms with E-state index in [9.17, 15) is 29.4 Å². The van der Waals surface area contributed by atoms with Crippen LogP contribution in [0.2, 0.25) is 5.02 Å². The van der Waals surface area contributed by atoms with Gasteiger partial charge in [-0.25, -0.2) is 4.90 Å². The third kappa shape index (κ3) is 5.39. The van der Waals surface area contributed by atoms with E-state index in [0.29, 0.717) is 21.9 Å². The second-order valence-electron chi connectivity index (χ2n) is 15.0. The summed E-state index contributed by atoms with van der Waals surface area (Å²) in [4.78, 5) is 72.5. The van der Waals surface area contributed by atoms with E-state index >= 15 is 4.79 Å². The van der Waals surface area contributed by atoms with Gasteiger partial charge in [0.05, 0.1) is 42.3 Å². The Bertz CT molecular complexity index is 2360. The summed E-state index contributed by atoms with van der Waals surface area (Å²) in [5.74, 6) is -6.03. The van der Waals surface area contributed by atoms with E-state index in [1.807, 2.05) is 31.2 Å². The largest absolute Gasteiger partial charge is 0.508 e. The number of methoxy groups -OCH3 is 2. The number of thiophene rings is 1. The van der Waals surface area contributed by atoms with Crippen molar-refractivity contribution in [2.75, 3.05) is 25.7 Å². The number of hydrogen-bond acceptors (Lipinski definition) is 10. The van der Waals surface area contributed by atoms with Gasteiger partial charge >= 0.3 is 5.97 Å². The monoisotopic (exact) mass is 786 g/mol. The topological polar surface area (TPSA) is 169 Å². The number of nitrogens with zero attached hydrogens (tertiary/aromatic N) is 4. The number of carbonyl (C=O) groups excluding carboxylic acids is 4. The zero-order valence-corrected chi connectivity index (χ0v) is 32.4. The molecule has 4 amide bonds. The number of ether oxygens (including phenoxy) is 2. The molecule has 6 atom stereocenters. The minimum absolute atomic E-state index is 0.0243. The number of allylic oxidation sites excluding steroid dienone is 2. The first-order chi connectivity index (χ1) is 26.2. The Kier molecular flexibility index (Phi) is 8.84. The minimum atomic E-state index is -1.43. The predicted octanol–water partition coefficient (Wildman–Crippen LogP) is 6.08. The first-order valence-corrected chi connectivity index (χ1v) is 19.2. The number of carbonyl (C=O) groups is 5. The fourth-order valence-electron chi connectivity index (χ4n) is 9.64. The molecule has 2 aromatic carbocycles. The number of hydrogen-bond donors (Lipinski definition) is 2. The second-order valence-corrected chi connectivity index (χ2v) is 16.4. The average Bonchev–Trinajstić information content (AvgIpc) is 3.82. The van der Waals surface area contributed by atoms with Crippen LogP contribution in [-0.4, -0.2) is 75.3 Å². The van der Waals surface area contributed by atoms with Crippen molar-refractivity contribution in [2.45, 2.75) is 45.4 Å². The number of phenolic OH excluding ortho intramolecular Hbond substituents is 1. The molecule has 2 aromatic heterocycles. The van der Waals surface area contributed by atoms with Crippen LogP contribution < -0.4 is 14.4 Å². The Morgan fingerprint density at radius 2 is 1.75 bits per heavy atom. The number of imide groups is 2. The van der Waals surface area contributed by atoms with E-state index in [2.05, 4.69) is 0 Å². The van der Waals surface area contributed by atoms with Gasteiger partial charge in [-0.2, -0.15) is 5.10 Å². The molecule has 2 saturated heterocycles. The van der Waals surface area contributed by atoms with E-state index < -0.39 is 58.7 Å². The van der Waals surface area contributed by atoms with Crippen LogP contribution in [0.4, 0.5) is 5.82 Å². The van der Waals surface area contributed by atoms with E-state index in [-0.39, 0.29) is 61.2 Å². The Labute approximate surface area is 325 Å². The van der Waals surface area contributed by atoms with Gasteiger partial charge in [-0.3, -0.25) is 33.6 Å². The van der Waals surface area contributed by atoms with Crippen molar-refractivity contribution in [3.8, 4) is 27.8 Å². The molecule has 4 aliphatic rings. The molecule has 8 rings (SSSR count). The first kappa shape index (κ1) is 36.8. The van der Waals surface area contributed by atoms with Crippen molar-refractivity contribution in [1.29, 1.82) is 0 Å². The van der Waals surface area contributed by atoms with Gasteiger partial charge in [0.15, 0.2) is 0 Å². The standard InChI is InChI=1S/C40H39ClN4O9S/c1-18-23-13-19(41)8-11-29(23)55-35(18)26-17-30(43(3)42-26)45-37(50)25-16-24-21(9-10-22-32(24)38(51)44(36(22)49)12-6-7-31(47)48)34(40(25,2)39(45)52)33-27(53-4)14-20(46)15-28(33)54-5/h8-9,11,13-15,17,22,24-25,32,34,46H,6-7,10,12,16H2,1-5H3,(H,47,48)/t22-,24+,25-,32-,34+,40+/m0/s1. The van der Waals surface area contributed by atoms with Gasteiger partial charge in [-0.1, -0.05) is 23.3 Å². The number of aromatic hydroxyl groups is 1. The van der Waals surface area contributed by atoms with Gasteiger partial charge in [-0.15, -0.1) is 11.3 Å². The number of aliphatic carboxylic acids is 1. The molecule has 2 aliphatic heterocycles. The van der Waals surface area contributed by atoms with Crippen LogP contribution in [-0.2, 0) is 31.0 Å². The van der Waals surface area contributed by atoms with Gasteiger partial charge in [0.1, 0.15) is 28.8 Å². The van der Waals surface area contributed by atoms with Gasteiger partial charge < -0.3 is 19.7 Å². The Balaban J connectivity index is 1.26. The van der Waals surface area contributed by atoms with Gasteiger partial charge in [0.2, 0.25) is 23.6 Å². The maximum atomic E-state index is 15.2. The summed E-state index contributed by atoms with van der Waals surface area (Å²) in [6, 6.07) is 10.3. The molecule has 1 saturated carbocycles. The van der Waals surface area contributed by atoms with E-state index in [1.165, 1.54) is 47.3 Å². The maximum Gasteiger partial charge on any atom is 0.303 e. The van der Waals surface area contributed by atoms with Crippen LogP contribution in [0.15, 0.2) is 48.0 Å². The summed E-state index contributed by atoms with van der Waals surface area (Å²) in [6.07, 6.45) is 2.17. The number of phenols is 1. The number of aryl methyl sites for hydroxylation is 2. The summed E-state index contributed by atoms with van der Waals surface area (Å²) >= 11 is 7.85. The predicted molar refractivity (Wildman–Crippen MR) is 203 cm³/mol. The smallest absolute Gasteiger partial charge is 0.303 e. The van der Waals surface area contributed by atoms with Gasteiger partial charge in [0, 0.05) is 59.4 Å². The SMILES string of the molecule is COc1cc(O)cc(OC)c1[C@H]1C2=CC[C@@H]3C(=O)N(CCCC(=O)O)C(=O)[C@@H]3[C@@H]2C[C@H]2C(=O)N(c3cc(-c4sc5ccc(Cl)cc5c4C)nn3C)C(=O)[C@@]12C. The summed E-state index contributed by atoms with van der Waals surface area (Å²) in [5, 5.41) is 26.2. The number of fused-ring (bicyclic) bond motifs is 5. The Morgan fingerprint density at radius 1 is 1.04 bits per heavy atom. The summed E-state index contributed by atoms with van der Waals surface area (Å²) in [6.45, 7) is 3.71. The van der Waals surface area contributed by atoms with Crippen molar-refractivity contribution in [1.82, 2.24) is 14.7 Å². The molecule has 3 fully saturated rings. The summed E-state index contributed by atoms with van der Waals surface area (Å²) in [7, 11) is 4.56. The lowest BCUT2D eigenvalue weighted by Gasteiger charge is -2.49. The quantitative estimate of drug-likeness (QED) is 0.150. The molecule has 0 spiro atoms. The van der Waals surface area contributed by atoms with Crippen LogP contribution in [0, 0.1) is 36.0 Å². The average molecular weight is 787 g/mol. The number of carboxylic acids is 1. The van der Waals surface area contributed by atoms with Crippen molar-refractivity contribution in [3.05, 3.63) is 64.2 Å². The number of aromatic nitrogens is 2. The van der Waals surface area contributed by atoms with Crippen molar-refractivity contribution in [2.24, 2.45) is 36.1 Å². The molecule has 0 unspecified atom stereocenters. The number of amides is 4. The summed E-state index contributed by atoms with van der Waals surface area (Å²) < 4.78 is 14.2. The van der Waals surface area contributed by atoms with Crippen LogP contribution in [0.5, 0.6) is 17.2 Å². The molecule has 0 bridgehead atoms. The van der Waals surface area contributed by atoms with Crippen LogP contribution in [0.1, 0.15) is 49.7 Å². The highest BCUT2D eigenvalue weighted by molar-refractivity contribution is 7.22. The van der Waals surface area contributed by atoms with Gasteiger partial charge in [0.25, 0.3) is 0 Å². The van der Waals surface area contributed by atoms with Crippen molar-refractivity contribution < 1.29 is 43.7 Å². The molecule has 0 radical (unpaired) electrons. The summed E-state index contributed by atoms with van der Waals surface area (Å²) in [5.41, 5.74) is 1.28. The third-order valence-electron chi connectivity index (χ3n) is 12.2. The first-order valence-electron chi connectivity index (χ1n) is 18.0. The van der Waals surface area contributed by atoms with E-state index in [4.69, 9.17) is 26.2 Å². The molecular weight excluding hydrogens is 748 g/mol. The Hall–Kier alpha value is -5.21. The third-order valence-corrected chi connectivity index (χ3v) is 13.7. The fourth-order valence-corrected chi connectivity index (χ4v) is 11.0. The molecule has 4 aromatic rings. The van der Waals surface area contributed by atoms with Crippen molar-refractivity contribution >= 4 is 68.4 Å². The fraction of sp³-hybridized carbons (Fsp3) is 0.400. The minimum Gasteiger partial charge on any atom is -0.508 e. The van der Waals surface area contributed by atoms with E-state index in [1.54, 1.807) is 20.0 Å². The number of likely N-dealkylation sites (tertiary alicyclic amines) is 1. The van der Waals surface area contributed by atoms with E-state index in [0.717, 1.165) is 25.4 Å². The maximum absolute atomic E-state index is 15.2. The Morgan fingerprint density at radius 3 is 2.42 bits per heavy atom. The highest BCUT2D eigenvalue weighted by atomic mass is 35.5. The lowest BCUT2D eigenvalue weighted by Crippen LogP contribution is -2.49. The molecule has 4 heterocycles. The number of rotatable bonds is 9. The van der Waals surface area contributed by atoms with Crippen LogP contribution >= 0.6 is 22.9 Å². The lowest BCUT2D eigenvalue weighted by atomic mass is 9.51. The molecule has 286 valence electrons. The lowest BCUT2D eigenvalue weighted by molar-refractivity contribution is -0.142. The number of benzene rings is 2. The van der Waals surface area contributed by atoms with Crippen LogP contribution in [0.25, 0.3) is 20.7 Å². The highest BCUT2D eigenvalue weighted by Crippen LogP contribution is 2.65.